The number of anilines is 2. The molecule has 1 heterocycles. The number of hydrogen-bond donors (Lipinski definition) is 1. The standard InChI is InChI=1S/C24H28N2O5/c1-4-30-21-11-9-20(10-12-21)26-14-18(13-22(26)27)23(28)25-19-7-5-17(6-8-19)24(29)31-15-16(2)3/h5-12,16,18H,4,13-15H2,1-3H3,(H,25,28)/t18-/m0/s1. The molecule has 1 aliphatic heterocycles. The van der Waals surface area contributed by atoms with Crippen LogP contribution in [0.3, 0.4) is 0 Å². The van der Waals surface area contributed by atoms with Gasteiger partial charge in [0.05, 0.1) is 24.7 Å². The number of esters is 1. The molecule has 1 atom stereocenters. The molecule has 7 nitrogen and oxygen atoms in total. The maximum atomic E-state index is 12.7. The van der Waals surface area contributed by atoms with Crippen molar-refractivity contribution < 1.29 is 23.9 Å². The Morgan fingerprint density at radius 3 is 2.39 bits per heavy atom. The molecule has 2 amide bonds. The highest BCUT2D eigenvalue weighted by Crippen LogP contribution is 2.27. The second-order valence-electron chi connectivity index (χ2n) is 7.89. The van der Waals surface area contributed by atoms with Gasteiger partial charge in [0, 0.05) is 24.3 Å². The summed E-state index contributed by atoms with van der Waals surface area (Å²) in [4.78, 5) is 38.7. The molecular formula is C24H28N2O5. The number of carbonyl (C=O) groups is 3. The Balaban J connectivity index is 1.57. The van der Waals surface area contributed by atoms with E-state index >= 15 is 0 Å². The van der Waals surface area contributed by atoms with Crippen molar-refractivity contribution in [1.29, 1.82) is 0 Å². The lowest BCUT2D eigenvalue weighted by Crippen LogP contribution is -2.28. The zero-order valence-corrected chi connectivity index (χ0v) is 18.1. The maximum absolute atomic E-state index is 12.7. The van der Waals surface area contributed by atoms with E-state index in [0.29, 0.717) is 31.0 Å². The van der Waals surface area contributed by atoms with Crippen LogP contribution in [0.25, 0.3) is 0 Å². The van der Waals surface area contributed by atoms with E-state index in [9.17, 15) is 14.4 Å². The molecule has 0 radical (unpaired) electrons. The van der Waals surface area contributed by atoms with Crippen molar-refractivity contribution in [3.8, 4) is 5.75 Å². The summed E-state index contributed by atoms with van der Waals surface area (Å²) in [6, 6.07) is 13.8. The van der Waals surface area contributed by atoms with Gasteiger partial charge in [0.1, 0.15) is 5.75 Å². The second-order valence-corrected chi connectivity index (χ2v) is 7.89. The Morgan fingerprint density at radius 1 is 1.10 bits per heavy atom. The lowest BCUT2D eigenvalue weighted by Gasteiger charge is -2.17. The highest BCUT2D eigenvalue weighted by molar-refractivity contribution is 6.03. The molecule has 31 heavy (non-hydrogen) atoms. The fraction of sp³-hybridized carbons (Fsp3) is 0.375. The average molecular weight is 424 g/mol. The van der Waals surface area contributed by atoms with E-state index in [1.54, 1.807) is 29.2 Å². The van der Waals surface area contributed by atoms with Crippen LogP contribution < -0.4 is 15.0 Å². The second kappa shape index (κ2) is 10.1. The van der Waals surface area contributed by atoms with Crippen molar-refractivity contribution in [3.05, 3.63) is 54.1 Å². The van der Waals surface area contributed by atoms with E-state index in [1.807, 2.05) is 45.0 Å². The molecule has 0 bridgehead atoms. The van der Waals surface area contributed by atoms with Crippen LogP contribution in [0.5, 0.6) is 5.75 Å². The normalized spacial score (nSPS) is 15.8. The van der Waals surface area contributed by atoms with Gasteiger partial charge in [-0.1, -0.05) is 13.8 Å². The van der Waals surface area contributed by atoms with Gasteiger partial charge >= 0.3 is 5.97 Å². The number of hydrogen-bond acceptors (Lipinski definition) is 5. The lowest BCUT2D eigenvalue weighted by molar-refractivity contribution is -0.122. The van der Waals surface area contributed by atoms with Gasteiger partial charge in [0.2, 0.25) is 11.8 Å². The summed E-state index contributed by atoms with van der Waals surface area (Å²) in [5, 5.41) is 2.83. The third-order valence-corrected chi connectivity index (χ3v) is 4.89. The largest absolute Gasteiger partial charge is 0.494 e. The van der Waals surface area contributed by atoms with Crippen LogP contribution in [0.1, 0.15) is 37.6 Å². The molecule has 0 saturated carbocycles. The highest BCUT2D eigenvalue weighted by atomic mass is 16.5. The van der Waals surface area contributed by atoms with E-state index in [4.69, 9.17) is 9.47 Å². The fourth-order valence-electron chi connectivity index (χ4n) is 3.28. The minimum absolute atomic E-state index is 0.0902. The Kier molecular flexibility index (Phi) is 7.28. The van der Waals surface area contributed by atoms with Crippen LogP contribution in [0.2, 0.25) is 0 Å². The number of amides is 2. The monoisotopic (exact) mass is 424 g/mol. The van der Waals surface area contributed by atoms with Gasteiger partial charge in [0.15, 0.2) is 0 Å². The summed E-state index contributed by atoms with van der Waals surface area (Å²) in [6.07, 6.45) is 0.151. The van der Waals surface area contributed by atoms with Crippen molar-refractivity contribution >= 4 is 29.2 Å². The quantitative estimate of drug-likeness (QED) is 0.650. The summed E-state index contributed by atoms with van der Waals surface area (Å²) in [5.41, 5.74) is 1.74. The third-order valence-electron chi connectivity index (χ3n) is 4.89. The van der Waals surface area contributed by atoms with Crippen molar-refractivity contribution in [1.82, 2.24) is 0 Å². The molecule has 0 aliphatic carbocycles. The first-order valence-electron chi connectivity index (χ1n) is 10.5. The van der Waals surface area contributed by atoms with Crippen LogP contribution >= 0.6 is 0 Å². The van der Waals surface area contributed by atoms with Crippen LogP contribution in [-0.2, 0) is 14.3 Å². The van der Waals surface area contributed by atoms with Gasteiger partial charge in [-0.15, -0.1) is 0 Å². The molecule has 7 heteroatoms. The summed E-state index contributed by atoms with van der Waals surface area (Å²) < 4.78 is 10.6. The molecule has 0 spiro atoms. The molecule has 2 aromatic rings. The van der Waals surface area contributed by atoms with Crippen LogP contribution in [0.4, 0.5) is 11.4 Å². The number of nitrogens with one attached hydrogen (secondary N) is 1. The van der Waals surface area contributed by atoms with Gasteiger partial charge in [-0.2, -0.15) is 0 Å². The molecule has 1 aliphatic rings. The number of rotatable bonds is 8. The van der Waals surface area contributed by atoms with Crippen molar-refractivity contribution in [2.45, 2.75) is 27.2 Å². The molecule has 0 aromatic heterocycles. The first-order chi connectivity index (χ1) is 14.9. The Labute approximate surface area is 182 Å². The smallest absolute Gasteiger partial charge is 0.338 e. The average Bonchev–Trinajstić information content (AvgIpc) is 3.15. The van der Waals surface area contributed by atoms with Gasteiger partial charge in [0.25, 0.3) is 0 Å². The molecule has 1 fully saturated rings. The minimum Gasteiger partial charge on any atom is -0.494 e. The summed E-state index contributed by atoms with van der Waals surface area (Å²) in [6.45, 7) is 7.10. The summed E-state index contributed by atoms with van der Waals surface area (Å²) in [7, 11) is 0. The summed E-state index contributed by atoms with van der Waals surface area (Å²) in [5.74, 6) is -0.152. The van der Waals surface area contributed by atoms with Crippen LogP contribution in [0.15, 0.2) is 48.5 Å². The van der Waals surface area contributed by atoms with Crippen molar-refractivity contribution in [2.24, 2.45) is 11.8 Å². The van der Waals surface area contributed by atoms with Gasteiger partial charge in [-0.3, -0.25) is 9.59 Å². The molecule has 164 valence electrons. The van der Waals surface area contributed by atoms with E-state index in [2.05, 4.69) is 5.32 Å². The van der Waals surface area contributed by atoms with E-state index in [1.165, 1.54) is 0 Å². The molecule has 1 saturated heterocycles. The Bertz CT molecular complexity index is 922. The topological polar surface area (TPSA) is 84.9 Å². The minimum atomic E-state index is -0.449. The molecular weight excluding hydrogens is 396 g/mol. The molecule has 2 aromatic carbocycles. The van der Waals surface area contributed by atoms with Crippen LogP contribution in [0, 0.1) is 11.8 Å². The fourth-order valence-corrected chi connectivity index (χ4v) is 3.28. The third kappa shape index (κ3) is 5.84. The predicted molar refractivity (Wildman–Crippen MR) is 118 cm³/mol. The number of benzene rings is 2. The highest BCUT2D eigenvalue weighted by Gasteiger charge is 2.35. The Hall–Kier alpha value is -3.35. The van der Waals surface area contributed by atoms with Gasteiger partial charge in [-0.05, 0) is 61.4 Å². The van der Waals surface area contributed by atoms with E-state index < -0.39 is 5.92 Å². The SMILES string of the molecule is CCOc1ccc(N2C[C@@H](C(=O)Nc3ccc(C(=O)OCC(C)C)cc3)CC2=O)cc1. The van der Waals surface area contributed by atoms with Gasteiger partial charge < -0.3 is 19.7 Å². The lowest BCUT2D eigenvalue weighted by atomic mass is 10.1. The van der Waals surface area contributed by atoms with Crippen molar-refractivity contribution in [3.63, 3.8) is 0 Å². The van der Waals surface area contributed by atoms with E-state index in [-0.39, 0.29) is 30.1 Å². The molecule has 1 N–H and O–H groups in total. The number of nitrogens with zero attached hydrogens (tertiary/aromatic N) is 1. The first kappa shape index (κ1) is 22.3. The van der Waals surface area contributed by atoms with E-state index in [0.717, 1.165) is 11.4 Å². The Morgan fingerprint density at radius 2 is 1.77 bits per heavy atom. The van der Waals surface area contributed by atoms with Crippen LogP contribution in [-0.4, -0.2) is 37.5 Å². The zero-order valence-electron chi connectivity index (χ0n) is 18.1. The predicted octanol–water partition coefficient (Wildman–Crippen LogP) is 3.89. The number of carbonyl (C=O) groups excluding carboxylic acids is 3. The first-order valence-corrected chi connectivity index (χ1v) is 10.5. The summed E-state index contributed by atoms with van der Waals surface area (Å²) >= 11 is 0. The molecule has 3 rings (SSSR count). The maximum Gasteiger partial charge on any atom is 0.338 e. The molecule has 0 unspecified atom stereocenters. The number of ether oxygens (including phenoxy) is 2. The zero-order chi connectivity index (χ0) is 22.4. The van der Waals surface area contributed by atoms with Gasteiger partial charge in [-0.25, -0.2) is 4.79 Å². The van der Waals surface area contributed by atoms with Crippen molar-refractivity contribution in [2.75, 3.05) is 30.0 Å².